The molecule has 1 amide bonds. The van der Waals surface area contributed by atoms with E-state index in [1.165, 1.54) is 13.2 Å². The number of anilines is 2. The summed E-state index contributed by atoms with van der Waals surface area (Å²) in [5.74, 6) is 0.0989. The van der Waals surface area contributed by atoms with Crippen LogP contribution < -0.4 is 20.1 Å². The number of methoxy groups -OCH3 is 1. The summed E-state index contributed by atoms with van der Waals surface area (Å²) >= 11 is 0. The van der Waals surface area contributed by atoms with Crippen LogP contribution in [0.3, 0.4) is 0 Å². The Morgan fingerprint density at radius 2 is 2.06 bits per heavy atom. The lowest BCUT2D eigenvalue weighted by atomic mass is 10.0. The summed E-state index contributed by atoms with van der Waals surface area (Å²) in [4.78, 5) is 25.8. The minimum absolute atomic E-state index is 0.0361. The molecular weight excluding hydrogens is 449 g/mol. The normalized spacial score (nSPS) is 18.1. The summed E-state index contributed by atoms with van der Waals surface area (Å²) in [7, 11) is 1.41. The number of carbonyl (C=O) groups is 1. The van der Waals surface area contributed by atoms with Gasteiger partial charge in [-0.3, -0.25) is 9.78 Å². The highest BCUT2D eigenvalue weighted by Gasteiger charge is 2.48. The highest BCUT2D eigenvalue weighted by atomic mass is 19.1. The van der Waals surface area contributed by atoms with Crippen LogP contribution in [-0.2, 0) is 0 Å². The van der Waals surface area contributed by atoms with Crippen LogP contribution in [0.4, 0.5) is 15.8 Å². The van der Waals surface area contributed by atoms with E-state index in [1.807, 2.05) is 26.0 Å². The number of amides is 1. The molecule has 1 aliphatic carbocycles. The Balaban J connectivity index is 1.57. The molecule has 4 aromatic rings. The Labute approximate surface area is 200 Å². The van der Waals surface area contributed by atoms with E-state index in [-0.39, 0.29) is 29.7 Å². The molecule has 9 heteroatoms. The zero-order valence-electron chi connectivity index (χ0n) is 19.5. The Morgan fingerprint density at radius 3 is 2.86 bits per heavy atom. The molecule has 0 saturated heterocycles. The van der Waals surface area contributed by atoms with Crippen molar-refractivity contribution in [3.05, 3.63) is 59.7 Å². The van der Waals surface area contributed by atoms with Gasteiger partial charge in [-0.1, -0.05) is 6.07 Å². The first kappa shape index (κ1) is 21.4. The molecule has 35 heavy (non-hydrogen) atoms. The SMILES string of the molecule is COc1c(F)cccc1Nc1c(-c2ccnc3ccc(OC(C)C)nc23)[nH]c2c1C(=O)N[C@@H]1C[C@H]21. The number of aromatic nitrogens is 3. The lowest BCUT2D eigenvalue weighted by Gasteiger charge is -2.17. The Hall–Kier alpha value is -4.14. The molecule has 0 bridgehead atoms. The number of hydrogen-bond donors (Lipinski definition) is 3. The molecule has 0 radical (unpaired) electrons. The zero-order valence-corrected chi connectivity index (χ0v) is 19.5. The van der Waals surface area contributed by atoms with Crippen molar-refractivity contribution in [2.75, 3.05) is 12.4 Å². The van der Waals surface area contributed by atoms with E-state index in [0.29, 0.717) is 39.5 Å². The molecule has 178 valence electrons. The van der Waals surface area contributed by atoms with E-state index in [9.17, 15) is 9.18 Å². The summed E-state index contributed by atoms with van der Waals surface area (Å²) in [6, 6.07) is 10.3. The fourth-order valence-corrected chi connectivity index (χ4v) is 4.74. The number of H-pyrrole nitrogens is 1. The number of ether oxygens (including phenoxy) is 2. The van der Waals surface area contributed by atoms with Gasteiger partial charge in [0.25, 0.3) is 5.91 Å². The monoisotopic (exact) mass is 473 g/mol. The molecule has 1 fully saturated rings. The molecule has 1 aromatic carbocycles. The number of rotatable bonds is 6. The molecule has 1 saturated carbocycles. The van der Waals surface area contributed by atoms with E-state index in [0.717, 1.165) is 17.7 Å². The highest BCUT2D eigenvalue weighted by molar-refractivity contribution is 6.09. The zero-order chi connectivity index (χ0) is 24.3. The lowest BCUT2D eigenvalue weighted by molar-refractivity contribution is 0.0944. The molecular formula is C26H24FN5O3. The number of nitrogens with one attached hydrogen (secondary N) is 3. The van der Waals surface area contributed by atoms with E-state index >= 15 is 0 Å². The molecule has 1 aliphatic heterocycles. The van der Waals surface area contributed by atoms with Crippen molar-refractivity contribution in [3.63, 3.8) is 0 Å². The third-order valence-corrected chi connectivity index (χ3v) is 6.35. The molecule has 4 heterocycles. The first-order valence-corrected chi connectivity index (χ1v) is 11.5. The standard InChI is InChI=1S/C26H24FN5O3/c1-12(2)35-19-8-7-16-21(31-19)13(9-10-28-16)23-24(29-17-6-4-5-15(27)25(17)34-3)20-22(32-23)14-11-18(14)30-26(20)33/h4-10,12,14,18,29,32H,11H2,1-3H3,(H,30,33)/t14-,18+/m0/s1. The number of aromatic amines is 1. The third kappa shape index (κ3) is 3.54. The Kier molecular flexibility index (Phi) is 4.87. The van der Waals surface area contributed by atoms with Gasteiger partial charge in [-0.15, -0.1) is 0 Å². The van der Waals surface area contributed by atoms with Crippen molar-refractivity contribution >= 4 is 28.3 Å². The number of benzene rings is 1. The van der Waals surface area contributed by atoms with Gasteiger partial charge >= 0.3 is 0 Å². The van der Waals surface area contributed by atoms with Gasteiger partial charge in [0, 0.05) is 35.5 Å². The van der Waals surface area contributed by atoms with Crippen molar-refractivity contribution in [3.8, 4) is 22.9 Å². The molecule has 0 unspecified atom stereocenters. The van der Waals surface area contributed by atoms with Gasteiger partial charge in [-0.2, -0.15) is 0 Å². The number of fused-ring (bicyclic) bond motifs is 4. The number of pyridine rings is 2. The summed E-state index contributed by atoms with van der Waals surface area (Å²) in [6.45, 7) is 3.88. The molecule has 0 spiro atoms. The first-order valence-electron chi connectivity index (χ1n) is 11.5. The fraction of sp³-hybridized carbons (Fsp3) is 0.269. The average Bonchev–Trinajstić information content (AvgIpc) is 3.50. The first-order chi connectivity index (χ1) is 16.9. The lowest BCUT2D eigenvalue weighted by Crippen LogP contribution is -2.31. The van der Waals surface area contributed by atoms with Crippen molar-refractivity contribution < 1.29 is 18.7 Å². The van der Waals surface area contributed by atoms with Crippen LogP contribution in [-0.4, -0.2) is 40.1 Å². The second-order valence-electron chi connectivity index (χ2n) is 9.07. The van der Waals surface area contributed by atoms with Crippen LogP contribution in [0, 0.1) is 5.82 Å². The molecule has 3 aromatic heterocycles. The quantitative estimate of drug-likeness (QED) is 0.368. The van der Waals surface area contributed by atoms with E-state index in [1.54, 1.807) is 24.4 Å². The minimum atomic E-state index is -0.498. The van der Waals surface area contributed by atoms with E-state index in [4.69, 9.17) is 14.5 Å². The van der Waals surface area contributed by atoms with Crippen molar-refractivity contribution in [1.29, 1.82) is 0 Å². The number of para-hydroxylation sites is 1. The number of hydrogen-bond acceptors (Lipinski definition) is 6. The van der Waals surface area contributed by atoms with Crippen LogP contribution in [0.1, 0.15) is 42.2 Å². The summed E-state index contributed by atoms with van der Waals surface area (Å²) in [5.41, 5.74) is 5.08. The van der Waals surface area contributed by atoms with Gasteiger partial charge in [0.1, 0.15) is 5.52 Å². The van der Waals surface area contributed by atoms with E-state index < -0.39 is 5.82 Å². The molecule has 8 nitrogen and oxygen atoms in total. The smallest absolute Gasteiger partial charge is 0.255 e. The van der Waals surface area contributed by atoms with Gasteiger partial charge in [-0.25, -0.2) is 9.37 Å². The molecule has 2 atom stereocenters. The molecule has 2 aliphatic rings. The fourth-order valence-electron chi connectivity index (χ4n) is 4.74. The highest BCUT2D eigenvalue weighted by Crippen LogP contribution is 2.50. The van der Waals surface area contributed by atoms with Crippen LogP contribution in [0.15, 0.2) is 42.6 Å². The van der Waals surface area contributed by atoms with E-state index in [2.05, 4.69) is 20.6 Å². The summed E-state index contributed by atoms with van der Waals surface area (Å²) in [5, 5.41) is 6.34. The summed E-state index contributed by atoms with van der Waals surface area (Å²) < 4.78 is 25.6. The largest absolute Gasteiger partial charge is 0.492 e. The van der Waals surface area contributed by atoms with Gasteiger partial charge in [0.05, 0.1) is 41.4 Å². The van der Waals surface area contributed by atoms with Gasteiger partial charge in [0.2, 0.25) is 5.88 Å². The van der Waals surface area contributed by atoms with Gasteiger partial charge in [0.15, 0.2) is 11.6 Å². The van der Waals surface area contributed by atoms with Gasteiger partial charge in [-0.05, 0) is 44.5 Å². The van der Waals surface area contributed by atoms with Crippen LogP contribution in [0.25, 0.3) is 22.3 Å². The average molecular weight is 474 g/mol. The maximum atomic E-state index is 14.5. The Bertz CT molecular complexity index is 1480. The molecule has 3 N–H and O–H groups in total. The number of halogens is 1. The minimum Gasteiger partial charge on any atom is -0.492 e. The Morgan fingerprint density at radius 1 is 1.20 bits per heavy atom. The predicted molar refractivity (Wildman–Crippen MR) is 130 cm³/mol. The maximum absolute atomic E-state index is 14.5. The van der Waals surface area contributed by atoms with Crippen LogP contribution >= 0.6 is 0 Å². The number of carbonyl (C=O) groups excluding carboxylic acids is 1. The topological polar surface area (TPSA) is 101 Å². The van der Waals surface area contributed by atoms with Crippen molar-refractivity contribution in [1.82, 2.24) is 20.3 Å². The second kappa shape index (κ2) is 7.97. The molecule has 6 rings (SSSR count). The van der Waals surface area contributed by atoms with Crippen molar-refractivity contribution in [2.45, 2.75) is 38.3 Å². The van der Waals surface area contributed by atoms with Crippen LogP contribution in [0.5, 0.6) is 11.6 Å². The predicted octanol–water partition coefficient (Wildman–Crippen LogP) is 4.90. The van der Waals surface area contributed by atoms with Crippen molar-refractivity contribution in [2.24, 2.45) is 0 Å². The number of nitrogens with zero attached hydrogens (tertiary/aromatic N) is 2. The van der Waals surface area contributed by atoms with Gasteiger partial charge < -0.3 is 25.1 Å². The summed E-state index contributed by atoms with van der Waals surface area (Å²) in [6.07, 6.45) is 2.55. The second-order valence-corrected chi connectivity index (χ2v) is 9.07. The maximum Gasteiger partial charge on any atom is 0.255 e. The van der Waals surface area contributed by atoms with Crippen LogP contribution in [0.2, 0.25) is 0 Å². The third-order valence-electron chi connectivity index (χ3n) is 6.35.